The predicted octanol–water partition coefficient (Wildman–Crippen LogP) is 4.09. The van der Waals surface area contributed by atoms with Gasteiger partial charge >= 0.3 is 0 Å². The van der Waals surface area contributed by atoms with E-state index in [-0.39, 0.29) is 10.5 Å². The van der Waals surface area contributed by atoms with Gasteiger partial charge in [-0.3, -0.25) is 4.79 Å². The normalized spacial score (nSPS) is 11.5. The van der Waals surface area contributed by atoms with Crippen molar-refractivity contribution < 1.29 is 4.79 Å². The van der Waals surface area contributed by atoms with E-state index in [4.69, 9.17) is 0 Å². The fourth-order valence-electron chi connectivity index (χ4n) is 1.22. The predicted molar refractivity (Wildman–Crippen MR) is 75.1 cm³/mol. The molecule has 1 aromatic carbocycles. The van der Waals surface area contributed by atoms with Crippen molar-refractivity contribution in [2.24, 2.45) is 0 Å². The van der Waals surface area contributed by atoms with Gasteiger partial charge in [-0.1, -0.05) is 48.8 Å². The van der Waals surface area contributed by atoms with Gasteiger partial charge in [0.25, 0.3) is 0 Å². The summed E-state index contributed by atoms with van der Waals surface area (Å²) in [4.78, 5) is 11.7. The van der Waals surface area contributed by atoms with Crippen molar-refractivity contribution in [2.75, 3.05) is 5.75 Å². The molecule has 0 aliphatic carbocycles. The molecular formula is C13H17BrOS. The van der Waals surface area contributed by atoms with Crippen molar-refractivity contribution in [1.29, 1.82) is 0 Å². The Morgan fingerprint density at radius 1 is 1.38 bits per heavy atom. The van der Waals surface area contributed by atoms with Crippen LogP contribution in [0, 0.1) is 0 Å². The van der Waals surface area contributed by atoms with Crippen LogP contribution in [-0.4, -0.2) is 16.3 Å². The number of carbonyl (C=O) groups excluding carboxylic acids is 1. The maximum Gasteiger partial charge on any atom is 0.147 e. The molecule has 1 rings (SSSR count). The minimum Gasteiger partial charge on any atom is -0.298 e. The largest absolute Gasteiger partial charge is 0.298 e. The molecule has 0 heterocycles. The zero-order valence-corrected chi connectivity index (χ0v) is 12.3. The SMILES string of the molecule is CC(C)(C)SCC(=O)Cc1cccc(Br)c1. The first-order valence-corrected chi connectivity index (χ1v) is 7.05. The Morgan fingerprint density at radius 3 is 2.62 bits per heavy atom. The molecule has 0 aliphatic rings. The number of benzene rings is 1. The number of hydrogen-bond acceptors (Lipinski definition) is 2. The molecule has 88 valence electrons. The molecule has 1 aromatic rings. The molecule has 0 unspecified atom stereocenters. The lowest BCUT2D eigenvalue weighted by molar-refractivity contribution is -0.116. The lowest BCUT2D eigenvalue weighted by atomic mass is 10.1. The first kappa shape index (κ1) is 13.8. The molecule has 0 fully saturated rings. The number of thioether (sulfide) groups is 1. The topological polar surface area (TPSA) is 17.1 Å². The fourth-order valence-corrected chi connectivity index (χ4v) is 2.37. The highest BCUT2D eigenvalue weighted by Gasteiger charge is 2.13. The van der Waals surface area contributed by atoms with Crippen molar-refractivity contribution in [1.82, 2.24) is 0 Å². The van der Waals surface area contributed by atoms with Crippen LogP contribution in [-0.2, 0) is 11.2 Å². The number of rotatable bonds is 4. The Balaban J connectivity index is 2.46. The van der Waals surface area contributed by atoms with Gasteiger partial charge in [0.15, 0.2) is 0 Å². The molecule has 1 nitrogen and oxygen atoms in total. The summed E-state index contributed by atoms with van der Waals surface area (Å²) in [6.45, 7) is 6.39. The van der Waals surface area contributed by atoms with E-state index in [0.717, 1.165) is 10.0 Å². The van der Waals surface area contributed by atoms with Crippen LogP contribution >= 0.6 is 27.7 Å². The van der Waals surface area contributed by atoms with E-state index in [2.05, 4.69) is 36.7 Å². The van der Waals surface area contributed by atoms with Crippen molar-refractivity contribution >= 4 is 33.5 Å². The third-order valence-corrected chi connectivity index (χ3v) is 3.78. The van der Waals surface area contributed by atoms with E-state index in [9.17, 15) is 4.79 Å². The fraction of sp³-hybridized carbons (Fsp3) is 0.462. The summed E-state index contributed by atoms with van der Waals surface area (Å²) in [6.07, 6.45) is 0.530. The molecule has 0 amide bonds. The number of carbonyl (C=O) groups is 1. The van der Waals surface area contributed by atoms with Gasteiger partial charge < -0.3 is 0 Å². The summed E-state index contributed by atoms with van der Waals surface area (Å²) in [5.41, 5.74) is 1.08. The second-order valence-electron chi connectivity index (χ2n) is 4.75. The molecule has 0 aromatic heterocycles. The molecule has 0 saturated heterocycles. The summed E-state index contributed by atoms with van der Waals surface area (Å²) >= 11 is 5.11. The Kier molecular flexibility index (Phi) is 5.06. The lowest BCUT2D eigenvalue weighted by Crippen LogP contribution is -2.14. The smallest absolute Gasteiger partial charge is 0.147 e. The summed E-state index contributed by atoms with van der Waals surface area (Å²) in [5, 5.41) is 0. The number of halogens is 1. The maximum absolute atomic E-state index is 11.7. The first-order valence-electron chi connectivity index (χ1n) is 5.27. The monoisotopic (exact) mass is 300 g/mol. The van der Waals surface area contributed by atoms with E-state index in [0.29, 0.717) is 12.2 Å². The Hall–Kier alpha value is -0.280. The van der Waals surface area contributed by atoms with Crippen LogP contribution in [0.5, 0.6) is 0 Å². The second kappa shape index (κ2) is 5.87. The second-order valence-corrected chi connectivity index (χ2v) is 7.46. The van der Waals surface area contributed by atoms with Crippen LogP contribution in [0.1, 0.15) is 26.3 Å². The highest BCUT2D eigenvalue weighted by molar-refractivity contribution is 9.10. The van der Waals surface area contributed by atoms with Crippen molar-refractivity contribution in [3.63, 3.8) is 0 Å². The molecule has 0 bridgehead atoms. The van der Waals surface area contributed by atoms with Crippen LogP contribution in [0.4, 0.5) is 0 Å². The van der Waals surface area contributed by atoms with E-state index in [1.54, 1.807) is 11.8 Å². The zero-order valence-electron chi connectivity index (χ0n) is 9.92. The maximum atomic E-state index is 11.7. The Bertz CT molecular complexity index is 368. The van der Waals surface area contributed by atoms with E-state index >= 15 is 0 Å². The van der Waals surface area contributed by atoms with Crippen LogP contribution in [0.15, 0.2) is 28.7 Å². The van der Waals surface area contributed by atoms with Gasteiger partial charge in [0.2, 0.25) is 0 Å². The van der Waals surface area contributed by atoms with Gasteiger partial charge in [-0.15, -0.1) is 11.8 Å². The molecule has 0 radical (unpaired) electrons. The quantitative estimate of drug-likeness (QED) is 0.833. The van der Waals surface area contributed by atoms with Crippen LogP contribution in [0.2, 0.25) is 0 Å². The van der Waals surface area contributed by atoms with Gasteiger partial charge in [0.05, 0.1) is 5.75 Å². The van der Waals surface area contributed by atoms with Gasteiger partial charge in [-0.25, -0.2) is 0 Å². The molecule has 0 N–H and O–H groups in total. The summed E-state index contributed by atoms with van der Waals surface area (Å²) in [5.74, 6) is 0.883. The summed E-state index contributed by atoms with van der Waals surface area (Å²) in [6, 6.07) is 7.92. The molecule has 16 heavy (non-hydrogen) atoms. The third-order valence-electron chi connectivity index (χ3n) is 1.96. The van der Waals surface area contributed by atoms with Crippen molar-refractivity contribution in [3.05, 3.63) is 34.3 Å². The highest BCUT2D eigenvalue weighted by atomic mass is 79.9. The van der Waals surface area contributed by atoms with Gasteiger partial charge in [0, 0.05) is 15.6 Å². The first-order chi connectivity index (χ1) is 7.37. The van der Waals surface area contributed by atoms with Gasteiger partial charge in [-0.2, -0.15) is 0 Å². The third kappa shape index (κ3) is 5.71. The van der Waals surface area contributed by atoms with Crippen LogP contribution < -0.4 is 0 Å². The van der Waals surface area contributed by atoms with Gasteiger partial charge in [0.1, 0.15) is 5.78 Å². The molecule has 0 atom stereocenters. The van der Waals surface area contributed by atoms with Gasteiger partial charge in [-0.05, 0) is 17.7 Å². The number of hydrogen-bond donors (Lipinski definition) is 0. The minimum absolute atomic E-state index is 0.160. The van der Waals surface area contributed by atoms with Crippen LogP contribution in [0.25, 0.3) is 0 Å². The average molecular weight is 301 g/mol. The Morgan fingerprint density at radius 2 is 2.06 bits per heavy atom. The van der Waals surface area contributed by atoms with E-state index < -0.39 is 0 Å². The average Bonchev–Trinajstić information content (AvgIpc) is 2.14. The molecule has 0 aliphatic heterocycles. The number of Topliss-reactive ketones (excluding diaryl/α,β-unsaturated/α-hetero) is 1. The molecular weight excluding hydrogens is 284 g/mol. The molecule has 3 heteroatoms. The molecule has 0 saturated carbocycles. The highest BCUT2D eigenvalue weighted by Crippen LogP contribution is 2.23. The summed E-state index contributed by atoms with van der Waals surface area (Å²) < 4.78 is 1.19. The van der Waals surface area contributed by atoms with Crippen molar-refractivity contribution in [3.8, 4) is 0 Å². The van der Waals surface area contributed by atoms with E-state index in [1.165, 1.54) is 0 Å². The van der Waals surface area contributed by atoms with Crippen LogP contribution in [0.3, 0.4) is 0 Å². The standard InChI is InChI=1S/C13H17BrOS/c1-13(2,3)16-9-12(15)8-10-5-4-6-11(14)7-10/h4-7H,8-9H2,1-3H3. The minimum atomic E-state index is 0.160. The zero-order chi connectivity index (χ0) is 12.2. The van der Waals surface area contributed by atoms with E-state index in [1.807, 2.05) is 24.3 Å². The van der Waals surface area contributed by atoms with Crippen molar-refractivity contribution in [2.45, 2.75) is 31.9 Å². The summed E-state index contributed by atoms with van der Waals surface area (Å²) in [7, 11) is 0. The molecule has 0 spiro atoms. The Labute approximate surface area is 110 Å². The lowest BCUT2D eigenvalue weighted by Gasteiger charge is -2.16. The number of ketones is 1.